The van der Waals surface area contributed by atoms with Crippen molar-refractivity contribution >= 4 is 23.3 Å². The molecule has 0 radical (unpaired) electrons. The molecular formula is C14H13N9O3. The van der Waals surface area contributed by atoms with Gasteiger partial charge in [0.2, 0.25) is 0 Å². The molecule has 1 aliphatic rings. The minimum Gasteiger partial charge on any atom is -0.335 e. The molecule has 12 heteroatoms. The minimum absolute atomic E-state index is 0.0413. The van der Waals surface area contributed by atoms with Crippen LogP contribution in [0.5, 0.6) is 0 Å². The normalized spacial score (nSPS) is 14.6. The van der Waals surface area contributed by atoms with Gasteiger partial charge < -0.3 is 9.80 Å². The number of non-ortho nitro benzene ring substituents is 1. The average Bonchev–Trinajstić information content (AvgIpc) is 3.15. The van der Waals surface area contributed by atoms with Gasteiger partial charge in [0.15, 0.2) is 0 Å². The van der Waals surface area contributed by atoms with Crippen LogP contribution >= 0.6 is 0 Å². The lowest BCUT2D eigenvalue weighted by molar-refractivity contribution is -0.384. The molecule has 1 aromatic carbocycles. The van der Waals surface area contributed by atoms with Crippen molar-refractivity contribution in [3.8, 4) is 0 Å². The SMILES string of the molecule is O=C(c1ccc([N+](=O)[O-])cc1)N1CCN(c2nnc3nncn3n2)CC1. The van der Waals surface area contributed by atoms with Crippen molar-refractivity contribution in [2.75, 3.05) is 31.1 Å². The number of benzene rings is 1. The number of nitro groups is 1. The van der Waals surface area contributed by atoms with E-state index >= 15 is 0 Å². The lowest BCUT2D eigenvalue weighted by atomic mass is 10.1. The molecular weight excluding hydrogens is 342 g/mol. The first kappa shape index (κ1) is 15.8. The van der Waals surface area contributed by atoms with Crippen LogP contribution in [0.1, 0.15) is 10.4 Å². The summed E-state index contributed by atoms with van der Waals surface area (Å²) in [6.07, 6.45) is 1.45. The standard InChI is InChI=1S/C14H13N9O3/c24-12(10-1-3-11(4-2-10)23(25)26)20-5-7-21(8-6-20)14-18-17-13-16-15-9-22(13)19-14/h1-4,9H,5-8H2. The Morgan fingerprint density at radius 1 is 1.04 bits per heavy atom. The maximum atomic E-state index is 12.5. The molecule has 0 aliphatic carbocycles. The number of nitrogens with zero attached hydrogens (tertiary/aromatic N) is 9. The molecule has 0 saturated carbocycles. The quantitative estimate of drug-likeness (QED) is 0.461. The zero-order chi connectivity index (χ0) is 18.1. The zero-order valence-electron chi connectivity index (χ0n) is 13.5. The van der Waals surface area contributed by atoms with Crippen LogP contribution < -0.4 is 4.90 Å². The fourth-order valence-electron chi connectivity index (χ4n) is 2.71. The second-order valence-corrected chi connectivity index (χ2v) is 5.66. The van der Waals surface area contributed by atoms with Crippen molar-refractivity contribution in [2.24, 2.45) is 0 Å². The Labute approximate surface area is 146 Å². The molecule has 1 saturated heterocycles. The third-order valence-electron chi connectivity index (χ3n) is 4.11. The average molecular weight is 355 g/mol. The van der Waals surface area contributed by atoms with E-state index in [1.165, 1.54) is 35.1 Å². The van der Waals surface area contributed by atoms with Gasteiger partial charge in [-0.1, -0.05) is 0 Å². The van der Waals surface area contributed by atoms with Crippen LogP contribution in [0.25, 0.3) is 5.78 Å². The number of piperazine rings is 1. The molecule has 1 fully saturated rings. The van der Waals surface area contributed by atoms with Crippen molar-refractivity contribution in [1.29, 1.82) is 0 Å². The smallest absolute Gasteiger partial charge is 0.290 e. The highest BCUT2D eigenvalue weighted by atomic mass is 16.6. The van der Waals surface area contributed by atoms with Crippen LogP contribution in [0.4, 0.5) is 11.6 Å². The summed E-state index contributed by atoms with van der Waals surface area (Å²) in [7, 11) is 0. The molecule has 132 valence electrons. The largest absolute Gasteiger partial charge is 0.335 e. The predicted molar refractivity (Wildman–Crippen MR) is 87.6 cm³/mol. The number of fused-ring (bicyclic) bond motifs is 1. The Hall–Kier alpha value is -3.70. The monoisotopic (exact) mass is 355 g/mol. The first-order valence-electron chi connectivity index (χ1n) is 7.81. The van der Waals surface area contributed by atoms with E-state index in [1.807, 2.05) is 4.90 Å². The van der Waals surface area contributed by atoms with Gasteiger partial charge in [0.1, 0.15) is 6.33 Å². The predicted octanol–water partition coefficient (Wildman–Crippen LogP) is -0.215. The molecule has 1 aliphatic heterocycles. The van der Waals surface area contributed by atoms with Crippen molar-refractivity contribution in [1.82, 2.24) is 34.9 Å². The molecule has 0 spiro atoms. The highest BCUT2D eigenvalue weighted by molar-refractivity contribution is 5.94. The molecule has 0 atom stereocenters. The third kappa shape index (κ3) is 2.87. The Morgan fingerprint density at radius 2 is 1.77 bits per heavy atom. The van der Waals surface area contributed by atoms with Gasteiger partial charge in [-0.2, -0.15) is 4.52 Å². The van der Waals surface area contributed by atoms with E-state index < -0.39 is 4.92 Å². The second-order valence-electron chi connectivity index (χ2n) is 5.66. The maximum Gasteiger partial charge on any atom is 0.290 e. The lowest BCUT2D eigenvalue weighted by Crippen LogP contribution is -2.49. The van der Waals surface area contributed by atoms with Crippen molar-refractivity contribution in [2.45, 2.75) is 0 Å². The molecule has 0 N–H and O–H groups in total. The van der Waals surface area contributed by atoms with Crippen LogP contribution in [-0.4, -0.2) is 71.9 Å². The summed E-state index contributed by atoms with van der Waals surface area (Å²) in [5, 5.41) is 30.4. The summed E-state index contributed by atoms with van der Waals surface area (Å²) < 4.78 is 1.44. The summed E-state index contributed by atoms with van der Waals surface area (Å²) in [4.78, 5) is 26.4. The van der Waals surface area contributed by atoms with Crippen LogP contribution in [0.15, 0.2) is 30.6 Å². The van der Waals surface area contributed by atoms with Crippen LogP contribution in [0, 0.1) is 10.1 Å². The Balaban J connectivity index is 1.42. The summed E-state index contributed by atoms with van der Waals surface area (Å²) in [5.74, 6) is 0.605. The summed E-state index contributed by atoms with van der Waals surface area (Å²) in [6, 6.07) is 5.61. The van der Waals surface area contributed by atoms with Crippen molar-refractivity contribution < 1.29 is 9.72 Å². The van der Waals surface area contributed by atoms with E-state index in [4.69, 9.17) is 0 Å². The van der Waals surface area contributed by atoms with Gasteiger partial charge in [0.25, 0.3) is 23.3 Å². The zero-order valence-corrected chi connectivity index (χ0v) is 13.5. The lowest BCUT2D eigenvalue weighted by Gasteiger charge is -2.34. The number of carbonyl (C=O) groups is 1. The van der Waals surface area contributed by atoms with Crippen LogP contribution in [-0.2, 0) is 0 Å². The van der Waals surface area contributed by atoms with E-state index in [2.05, 4.69) is 25.5 Å². The molecule has 1 amide bonds. The highest BCUT2D eigenvalue weighted by Crippen LogP contribution is 2.16. The summed E-state index contributed by atoms with van der Waals surface area (Å²) in [6.45, 7) is 2.07. The molecule has 26 heavy (non-hydrogen) atoms. The number of anilines is 1. The molecule has 0 unspecified atom stereocenters. The van der Waals surface area contributed by atoms with Gasteiger partial charge in [0, 0.05) is 43.9 Å². The molecule has 12 nitrogen and oxygen atoms in total. The topological polar surface area (TPSA) is 136 Å². The molecule has 3 heterocycles. The number of hydrogen-bond acceptors (Lipinski definition) is 9. The van der Waals surface area contributed by atoms with Crippen molar-refractivity contribution in [3.63, 3.8) is 0 Å². The van der Waals surface area contributed by atoms with Gasteiger partial charge in [-0.15, -0.1) is 25.5 Å². The molecule has 4 rings (SSSR count). The Bertz CT molecular complexity index is 963. The fourth-order valence-corrected chi connectivity index (χ4v) is 2.71. The maximum absolute atomic E-state index is 12.5. The minimum atomic E-state index is -0.492. The van der Waals surface area contributed by atoms with Gasteiger partial charge in [-0.05, 0) is 12.1 Å². The second kappa shape index (κ2) is 6.31. The highest BCUT2D eigenvalue weighted by Gasteiger charge is 2.24. The fraction of sp³-hybridized carbons (Fsp3) is 0.286. The van der Waals surface area contributed by atoms with E-state index in [-0.39, 0.29) is 11.6 Å². The first-order chi connectivity index (χ1) is 12.6. The molecule has 2 aromatic heterocycles. The molecule has 3 aromatic rings. The first-order valence-corrected chi connectivity index (χ1v) is 7.81. The third-order valence-corrected chi connectivity index (χ3v) is 4.11. The number of aromatic nitrogens is 6. The Kier molecular flexibility index (Phi) is 3.84. The Morgan fingerprint density at radius 3 is 2.46 bits per heavy atom. The van der Waals surface area contributed by atoms with E-state index in [1.54, 1.807) is 4.90 Å². The summed E-state index contributed by atoms with van der Waals surface area (Å²) in [5.41, 5.74) is 0.383. The van der Waals surface area contributed by atoms with Gasteiger partial charge in [0.05, 0.1) is 4.92 Å². The van der Waals surface area contributed by atoms with Crippen LogP contribution in [0.3, 0.4) is 0 Å². The van der Waals surface area contributed by atoms with E-state index in [0.717, 1.165) is 0 Å². The number of nitro benzene ring substituents is 1. The number of rotatable bonds is 3. The van der Waals surface area contributed by atoms with E-state index in [9.17, 15) is 14.9 Å². The number of hydrogen-bond donors (Lipinski definition) is 0. The van der Waals surface area contributed by atoms with Gasteiger partial charge in [-0.3, -0.25) is 14.9 Å². The number of carbonyl (C=O) groups excluding carboxylic acids is 1. The van der Waals surface area contributed by atoms with Gasteiger partial charge >= 0.3 is 0 Å². The van der Waals surface area contributed by atoms with Crippen LogP contribution in [0.2, 0.25) is 0 Å². The van der Waals surface area contributed by atoms with Crippen molar-refractivity contribution in [3.05, 3.63) is 46.3 Å². The summed E-state index contributed by atoms with van der Waals surface area (Å²) >= 11 is 0. The van der Waals surface area contributed by atoms with Gasteiger partial charge in [-0.25, -0.2) is 0 Å². The molecule has 0 bridgehead atoms. The van der Waals surface area contributed by atoms with E-state index in [0.29, 0.717) is 43.5 Å². The number of amides is 1.